The summed E-state index contributed by atoms with van der Waals surface area (Å²) in [5, 5.41) is 10.6. The van der Waals surface area contributed by atoms with Gasteiger partial charge in [0.2, 0.25) is 0 Å². The fraction of sp³-hybridized carbons (Fsp3) is 0. The number of aromatic carboxylic acids is 1. The van der Waals surface area contributed by atoms with Gasteiger partial charge in [0.25, 0.3) is 0 Å². The average Bonchev–Trinajstić information content (AvgIpc) is 2.67. The van der Waals surface area contributed by atoms with E-state index in [1.54, 1.807) is 12.1 Å². The average molecular weight is 245 g/mol. The summed E-state index contributed by atoms with van der Waals surface area (Å²) in [6.07, 6.45) is 1.38. The second kappa shape index (κ2) is 3.39. The number of anilines is 1. The molecule has 3 N–H and O–H groups in total. The van der Waals surface area contributed by atoms with Gasteiger partial charge in [0.1, 0.15) is 17.0 Å². The van der Waals surface area contributed by atoms with Crippen molar-refractivity contribution in [2.45, 2.75) is 0 Å². The summed E-state index contributed by atoms with van der Waals surface area (Å²) in [7, 11) is 0. The fourth-order valence-corrected chi connectivity index (χ4v) is 2.98. The topological polar surface area (TPSA) is 89.1 Å². The van der Waals surface area contributed by atoms with E-state index in [0.29, 0.717) is 15.3 Å². The zero-order chi connectivity index (χ0) is 12.0. The summed E-state index contributed by atoms with van der Waals surface area (Å²) >= 11 is 1.32. The van der Waals surface area contributed by atoms with Crippen molar-refractivity contribution in [1.82, 2.24) is 9.97 Å². The molecule has 0 aliphatic carbocycles. The largest absolute Gasteiger partial charge is 0.478 e. The first kappa shape index (κ1) is 9.98. The normalized spacial score (nSPS) is 11.1. The maximum atomic E-state index is 11.1. The number of hydrogen-bond donors (Lipinski definition) is 2. The van der Waals surface area contributed by atoms with E-state index < -0.39 is 5.97 Å². The number of rotatable bonds is 1. The van der Waals surface area contributed by atoms with Crippen LogP contribution in [0.1, 0.15) is 10.4 Å². The van der Waals surface area contributed by atoms with E-state index in [4.69, 9.17) is 10.8 Å². The Hall–Kier alpha value is -2.21. The molecule has 0 bridgehead atoms. The van der Waals surface area contributed by atoms with Crippen molar-refractivity contribution >= 4 is 43.4 Å². The van der Waals surface area contributed by atoms with E-state index in [1.165, 1.54) is 17.7 Å². The van der Waals surface area contributed by atoms with E-state index in [-0.39, 0.29) is 5.56 Å². The number of carbonyl (C=O) groups is 1. The Morgan fingerprint density at radius 2 is 2.18 bits per heavy atom. The summed E-state index contributed by atoms with van der Waals surface area (Å²) in [4.78, 5) is 19.9. The molecule has 0 aliphatic heterocycles. The zero-order valence-electron chi connectivity index (χ0n) is 8.54. The smallest absolute Gasteiger partial charge is 0.337 e. The molecule has 3 aromatic rings. The van der Waals surface area contributed by atoms with Crippen LogP contribution in [-0.4, -0.2) is 21.0 Å². The molecule has 2 heterocycles. The van der Waals surface area contributed by atoms with Crippen molar-refractivity contribution < 1.29 is 9.90 Å². The van der Waals surface area contributed by atoms with Gasteiger partial charge >= 0.3 is 5.97 Å². The third kappa shape index (κ3) is 1.34. The van der Waals surface area contributed by atoms with Gasteiger partial charge in [0.15, 0.2) is 0 Å². The molecule has 0 atom stereocenters. The van der Waals surface area contributed by atoms with Crippen molar-refractivity contribution in [3.63, 3.8) is 0 Å². The van der Waals surface area contributed by atoms with Crippen LogP contribution in [0.25, 0.3) is 20.3 Å². The molecule has 0 unspecified atom stereocenters. The second-order valence-electron chi connectivity index (χ2n) is 3.53. The van der Waals surface area contributed by atoms with Gasteiger partial charge in [-0.1, -0.05) is 12.1 Å². The third-order valence-corrected chi connectivity index (χ3v) is 3.70. The van der Waals surface area contributed by atoms with E-state index in [9.17, 15) is 4.79 Å². The molecule has 0 saturated heterocycles. The molecule has 0 saturated carbocycles. The second-order valence-corrected chi connectivity index (χ2v) is 4.53. The maximum Gasteiger partial charge on any atom is 0.337 e. The van der Waals surface area contributed by atoms with Gasteiger partial charge in [-0.3, -0.25) is 0 Å². The van der Waals surface area contributed by atoms with Crippen molar-refractivity contribution in [2.75, 3.05) is 5.73 Å². The van der Waals surface area contributed by atoms with Crippen molar-refractivity contribution in [3.8, 4) is 0 Å². The molecule has 3 rings (SSSR count). The number of hydrogen-bond acceptors (Lipinski definition) is 5. The Labute approximate surface area is 99.5 Å². The maximum absolute atomic E-state index is 11.1. The minimum atomic E-state index is -0.950. The standard InChI is InChI=1S/C11H7N3O2S/c12-9-7-5-2-1-3-6(11(15)16)8(5)17-10(7)14-4-13-9/h1-4H,(H,15,16)(H2,12,13,14). The number of thiophene rings is 1. The van der Waals surface area contributed by atoms with Gasteiger partial charge < -0.3 is 10.8 Å². The number of benzene rings is 1. The first-order chi connectivity index (χ1) is 8.18. The van der Waals surface area contributed by atoms with Gasteiger partial charge in [-0.2, -0.15) is 0 Å². The van der Waals surface area contributed by atoms with Gasteiger partial charge in [0, 0.05) is 5.39 Å². The van der Waals surface area contributed by atoms with Gasteiger partial charge in [0.05, 0.1) is 15.6 Å². The van der Waals surface area contributed by atoms with Crippen LogP contribution in [0.15, 0.2) is 24.5 Å². The van der Waals surface area contributed by atoms with E-state index >= 15 is 0 Å². The first-order valence-corrected chi connectivity index (χ1v) is 5.65. The van der Waals surface area contributed by atoms with Crippen molar-refractivity contribution in [2.24, 2.45) is 0 Å². The molecule has 17 heavy (non-hydrogen) atoms. The zero-order valence-corrected chi connectivity index (χ0v) is 9.36. The van der Waals surface area contributed by atoms with Crippen molar-refractivity contribution in [3.05, 3.63) is 30.1 Å². The highest BCUT2D eigenvalue weighted by Crippen LogP contribution is 2.36. The molecule has 2 aromatic heterocycles. The molecule has 1 aromatic carbocycles. The van der Waals surface area contributed by atoms with Crippen LogP contribution in [0.5, 0.6) is 0 Å². The number of nitrogens with zero attached hydrogens (tertiary/aromatic N) is 2. The minimum absolute atomic E-state index is 0.268. The van der Waals surface area contributed by atoms with E-state index in [2.05, 4.69) is 9.97 Å². The quantitative estimate of drug-likeness (QED) is 0.685. The van der Waals surface area contributed by atoms with Crippen LogP contribution in [-0.2, 0) is 0 Å². The molecule has 0 aliphatic rings. The van der Waals surface area contributed by atoms with Gasteiger partial charge in [-0.25, -0.2) is 14.8 Å². The fourth-order valence-electron chi connectivity index (χ4n) is 1.82. The number of nitrogens with two attached hydrogens (primary N) is 1. The lowest BCUT2D eigenvalue weighted by Crippen LogP contribution is -1.95. The number of nitrogen functional groups attached to an aromatic ring is 1. The Bertz CT molecular complexity index is 751. The third-order valence-electron chi connectivity index (χ3n) is 2.56. The van der Waals surface area contributed by atoms with Gasteiger partial charge in [-0.15, -0.1) is 11.3 Å². The molecule has 0 amide bonds. The minimum Gasteiger partial charge on any atom is -0.478 e. The molecule has 6 heteroatoms. The summed E-state index contributed by atoms with van der Waals surface area (Å²) in [5.74, 6) is -0.572. The van der Waals surface area contributed by atoms with E-state index in [0.717, 1.165) is 10.8 Å². The summed E-state index contributed by atoms with van der Waals surface area (Å²) in [6.45, 7) is 0. The number of aromatic nitrogens is 2. The lowest BCUT2D eigenvalue weighted by molar-refractivity contribution is 0.0699. The van der Waals surface area contributed by atoms with Crippen molar-refractivity contribution in [1.29, 1.82) is 0 Å². The van der Waals surface area contributed by atoms with Crippen LogP contribution >= 0.6 is 11.3 Å². The van der Waals surface area contributed by atoms with Crippen LogP contribution < -0.4 is 5.73 Å². The summed E-state index contributed by atoms with van der Waals surface area (Å²) in [5.41, 5.74) is 6.07. The molecule has 0 fully saturated rings. The van der Waals surface area contributed by atoms with Crippen LogP contribution in [0.4, 0.5) is 5.82 Å². The Morgan fingerprint density at radius 3 is 2.94 bits per heavy atom. The number of carboxylic acids is 1. The number of fused-ring (bicyclic) bond motifs is 3. The first-order valence-electron chi connectivity index (χ1n) is 4.83. The highest BCUT2D eigenvalue weighted by molar-refractivity contribution is 7.25. The van der Waals surface area contributed by atoms with E-state index in [1.807, 2.05) is 6.07 Å². The summed E-state index contributed by atoms with van der Waals surface area (Å²) < 4.78 is 0.683. The van der Waals surface area contributed by atoms with Crippen LogP contribution in [0.2, 0.25) is 0 Å². The summed E-state index contributed by atoms with van der Waals surface area (Å²) in [6, 6.07) is 5.11. The molecule has 84 valence electrons. The predicted molar refractivity (Wildman–Crippen MR) is 66.3 cm³/mol. The van der Waals surface area contributed by atoms with Crippen LogP contribution in [0, 0.1) is 0 Å². The molecule has 5 nitrogen and oxygen atoms in total. The number of carboxylic acid groups (broad SMARTS) is 1. The molecular weight excluding hydrogens is 238 g/mol. The lowest BCUT2D eigenvalue weighted by Gasteiger charge is -1.97. The SMILES string of the molecule is Nc1ncnc2sc3c(C(=O)O)cccc3c12. The Kier molecular flexibility index (Phi) is 1.99. The monoisotopic (exact) mass is 245 g/mol. The van der Waals surface area contributed by atoms with Gasteiger partial charge in [-0.05, 0) is 6.07 Å². The highest BCUT2D eigenvalue weighted by Gasteiger charge is 2.15. The predicted octanol–water partition coefficient (Wildman–Crippen LogP) is 2.12. The van der Waals surface area contributed by atoms with Crippen LogP contribution in [0.3, 0.4) is 0 Å². The Balaban J connectivity index is 2.56. The highest BCUT2D eigenvalue weighted by atomic mass is 32.1. The lowest BCUT2D eigenvalue weighted by atomic mass is 10.1. The molecular formula is C11H7N3O2S. The molecule has 0 spiro atoms. The molecule has 0 radical (unpaired) electrons. The Morgan fingerprint density at radius 1 is 1.35 bits per heavy atom.